The van der Waals surface area contributed by atoms with Gasteiger partial charge < -0.3 is 14.3 Å². The zero-order chi connectivity index (χ0) is 18.6. The first-order valence-electron chi connectivity index (χ1n) is 8.34. The van der Waals surface area contributed by atoms with Crippen molar-refractivity contribution in [2.45, 2.75) is 0 Å². The fraction of sp³-hybridized carbons (Fsp3) is 0.100. The van der Waals surface area contributed by atoms with Gasteiger partial charge in [0, 0.05) is 22.4 Å². The van der Waals surface area contributed by atoms with Gasteiger partial charge in [-0.2, -0.15) is 0 Å². The van der Waals surface area contributed by atoms with Crippen LogP contribution in [-0.4, -0.2) is 33.9 Å². The van der Waals surface area contributed by atoms with E-state index in [0.29, 0.717) is 23.0 Å². The standard InChI is InChI=1S/C20H16BrN3O3/c21-15-6-7-16(27-11-9-25)14(12-15)13-22-20-19(17-4-3-10-26-17)23-18-5-1-2-8-24(18)20/h1-8,10,12-13,25H,9,11H2. The van der Waals surface area contributed by atoms with Crippen LogP contribution in [0.25, 0.3) is 17.1 Å². The van der Waals surface area contributed by atoms with E-state index in [9.17, 15) is 0 Å². The van der Waals surface area contributed by atoms with Crippen LogP contribution in [0.1, 0.15) is 5.56 Å². The van der Waals surface area contributed by atoms with Crippen molar-refractivity contribution >= 4 is 33.6 Å². The van der Waals surface area contributed by atoms with E-state index in [2.05, 4.69) is 25.9 Å². The Labute approximate surface area is 163 Å². The van der Waals surface area contributed by atoms with Crippen LogP contribution in [0.2, 0.25) is 0 Å². The molecule has 136 valence electrons. The fourth-order valence-electron chi connectivity index (χ4n) is 2.72. The molecule has 0 unspecified atom stereocenters. The zero-order valence-corrected chi connectivity index (χ0v) is 15.8. The normalized spacial score (nSPS) is 11.5. The lowest BCUT2D eigenvalue weighted by Gasteiger charge is -2.08. The number of hydrogen-bond donors (Lipinski definition) is 1. The van der Waals surface area contributed by atoms with Gasteiger partial charge in [0.1, 0.15) is 18.0 Å². The molecule has 0 aliphatic heterocycles. The number of pyridine rings is 1. The summed E-state index contributed by atoms with van der Waals surface area (Å²) in [5.41, 5.74) is 2.23. The first-order valence-corrected chi connectivity index (χ1v) is 9.14. The van der Waals surface area contributed by atoms with E-state index in [1.54, 1.807) is 12.5 Å². The minimum atomic E-state index is -0.0530. The van der Waals surface area contributed by atoms with Crippen molar-refractivity contribution in [2.75, 3.05) is 13.2 Å². The van der Waals surface area contributed by atoms with Crippen molar-refractivity contribution < 1.29 is 14.3 Å². The van der Waals surface area contributed by atoms with Crippen molar-refractivity contribution in [3.05, 3.63) is 71.0 Å². The van der Waals surface area contributed by atoms with Gasteiger partial charge in [-0.3, -0.25) is 4.40 Å². The zero-order valence-electron chi connectivity index (χ0n) is 14.2. The second-order valence-corrected chi connectivity index (χ2v) is 6.62. The summed E-state index contributed by atoms with van der Waals surface area (Å²) in [6.07, 6.45) is 5.24. The second-order valence-electron chi connectivity index (χ2n) is 5.70. The molecule has 0 fully saturated rings. The molecule has 1 aromatic carbocycles. The van der Waals surface area contributed by atoms with Crippen LogP contribution < -0.4 is 4.74 Å². The first-order chi connectivity index (χ1) is 13.3. The molecular formula is C20H16BrN3O3. The number of rotatable bonds is 6. The molecule has 1 N–H and O–H groups in total. The predicted octanol–water partition coefficient (Wildman–Crippen LogP) is 4.48. The summed E-state index contributed by atoms with van der Waals surface area (Å²) in [4.78, 5) is 9.32. The molecule has 0 saturated heterocycles. The lowest BCUT2D eigenvalue weighted by molar-refractivity contribution is 0.201. The Morgan fingerprint density at radius 1 is 1.22 bits per heavy atom. The van der Waals surface area contributed by atoms with Crippen molar-refractivity contribution in [2.24, 2.45) is 4.99 Å². The number of aliphatic imine (C=N–C) groups is 1. The number of aliphatic hydroxyl groups is 1. The molecule has 0 aliphatic carbocycles. The van der Waals surface area contributed by atoms with Gasteiger partial charge in [0.05, 0.1) is 12.9 Å². The molecule has 0 atom stereocenters. The topological polar surface area (TPSA) is 72.3 Å². The summed E-state index contributed by atoms with van der Waals surface area (Å²) in [6.45, 7) is 0.165. The second kappa shape index (κ2) is 7.77. The molecule has 3 heterocycles. The molecule has 4 aromatic rings. The third-order valence-corrected chi connectivity index (χ3v) is 4.40. The van der Waals surface area contributed by atoms with Crippen LogP contribution in [0.4, 0.5) is 5.82 Å². The van der Waals surface area contributed by atoms with Gasteiger partial charge in [-0.05, 0) is 42.5 Å². The Kier molecular flexibility index (Phi) is 5.04. The molecule has 4 rings (SSSR count). The maximum absolute atomic E-state index is 9.02. The number of hydrogen-bond acceptors (Lipinski definition) is 5. The molecule has 0 bridgehead atoms. The Morgan fingerprint density at radius 3 is 2.96 bits per heavy atom. The highest BCUT2D eigenvalue weighted by molar-refractivity contribution is 9.10. The SMILES string of the molecule is OCCOc1ccc(Br)cc1C=Nc1c(-c2ccco2)nc2ccccn12. The van der Waals surface area contributed by atoms with Crippen LogP contribution in [0, 0.1) is 0 Å². The summed E-state index contributed by atoms with van der Waals surface area (Å²) in [5, 5.41) is 9.02. The Bertz CT molecular complexity index is 1090. The molecule has 0 radical (unpaired) electrons. The smallest absolute Gasteiger partial charge is 0.168 e. The number of furan rings is 1. The number of imidazole rings is 1. The van der Waals surface area contributed by atoms with Crippen molar-refractivity contribution in [1.29, 1.82) is 0 Å². The van der Waals surface area contributed by atoms with E-state index < -0.39 is 0 Å². The van der Waals surface area contributed by atoms with Crippen molar-refractivity contribution in [3.8, 4) is 17.2 Å². The number of aliphatic hydroxyl groups excluding tert-OH is 1. The molecule has 0 aliphatic rings. The minimum absolute atomic E-state index is 0.0530. The summed E-state index contributed by atoms with van der Waals surface area (Å²) >= 11 is 3.47. The number of fused-ring (bicyclic) bond motifs is 1. The van der Waals surface area contributed by atoms with Gasteiger partial charge >= 0.3 is 0 Å². The molecule has 27 heavy (non-hydrogen) atoms. The van der Waals surface area contributed by atoms with Crippen LogP contribution in [0.3, 0.4) is 0 Å². The number of ether oxygens (including phenoxy) is 1. The molecule has 0 amide bonds. The number of nitrogens with zero attached hydrogens (tertiary/aromatic N) is 3. The van der Waals surface area contributed by atoms with Gasteiger partial charge in [-0.1, -0.05) is 22.0 Å². The van der Waals surface area contributed by atoms with Gasteiger partial charge in [0.25, 0.3) is 0 Å². The van der Waals surface area contributed by atoms with Gasteiger partial charge in [-0.15, -0.1) is 0 Å². The highest BCUT2D eigenvalue weighted by Crippen LogP contribution is 2.31. The monoisotopic (exact) mass is 425 g/mol. The third-order valence-electron chi connectivity index (χ3n) is 3.91. The van der Waals surface area contributed by atoms with Crippen LogP contribution in [0.5, 0.6) is 5.75 Å². The van der Waals surface area contributed by atoms with E-state index in [-0.39, 0.29) is 13.2 Å². The molecule has 0 saturated carbocycles. The predicted molar refractivity (Wildman–Crippen MR) is 107 cm³/mol. The average molecular weight is 426 g/mol. The summed E-state index contributed by atoms with van der Waals surface area (Å²) in [5.74, 6) is 1.95. The lowest BCUT2D eigenvalue weighted by Crippen LogP contribution is -2.03. The van der Waals surface area contributed by atoms with Crippen molar-refractivity contribution in [1.82, 2.24) is 9.38 Å². The van der Waals surface area contributed by atoms with E-state index in [1.165, 1.54) is 0 Å². The number of benzene rings is 1. The van der Waals surface area contributed by atoms with Gasteiger partial charge in [0.2, 0.25) is 0 Å². The van der Waals surface area contributed by atoms with Crippen LogP contribution >= 0.6 is 15.9 Å². The van der Waals surface area contributed by atoms with Crippen LogP contribution in [-0.2, 0) is 0 Å². The Balaban J connectivity index is 1.80. The Morgan fingerprint density at radius 2 is 2.15 bits per heavy atom. The van der Waals surface area contributed by atoms with E-state index >= 15 is 0 Å². The highest BCUT2D eigenvalue weighted by atomic mass is 79.9. The van der Waals surface area contributed by atoms with Crippen LogP contribution in [0.15, 0.2) is 74.9 Å². The van der Waals surface area contributed by atoms with E-state index in [0.717, 1.165) is 15.7 Å². The molecule has 3 aromatic heterocycles. The van der Waals surface area contributed by atoms with E-state index in [1.807, 2.05) is 59.1 Å². The summed E-state index contributed by atoms with van der Waals surface area (Å²) < 4.78 is 13.9. The largest absolute Gasteiger partial charge is 0.491 e. The van der Waals surface area contributed by atoms with Gasteiger partial charge in [0.15, 0.2) is 17.3 Å². The molecule has 7 heteroatoms. The quantitative estimate of drug-likeness (QED) is 0.462. The lowest BCUT2D eigenvalue weighted by atomic mass is 10.2. The van der Waals surface area contributed by atoms with Crippen molar-refractivity contribution in [3.63, 3.8) is 0 Å². The number of halogens is 1. The van der Waals surface area contributed by atoms with E-state index in [4.69, 9.17) is 14.3 Å². The third kappa shape index (κ3) is 3.65. The number of aromatic nitrogens is 2. The maximum Gasteiger partial charge on any atom is 0.168 e. The molecule has 6 nitrogen and oxygen atoms in total. The molecular weight excluding hydrogens is 410 g/mol. The fourth-order valence-corrected chi connectivity index (χ4v) is 3.10. The molecule has 0 spiro atoms. The minimum Gasteiger partial charge on any atom is -0.491 e. The summed E-state index contributed by atoms with van der Waals surface area (Å²) in [6, 6.07) is 15.1. The average Bonchev–Trinajstić information content (AvgIpc) is 3.33. The first kappa shape index (κ1) is 17.5. The van der Waals surface area contributed by atoms with Gasteiger partial charge in [-0.25, -0.2) is 9.98 Å². The Hall–Kier alpha value is -2.90. The summed E-state index contributed by atoms with van der Waals surface area (Å²) in [7, 11) is 0. The highest BCUT2D eigenvalue weighted by Gasteiger charge is 2.15. The maximum atomic E-state index is 9.02.